The van der Waals surface area contributed by atoms with Gasteiger partial charge in [0, 0.05) is 12.3 Å². The first kappa shape index (κ1) is 17.8. The lowest BCUT2D eigenvalue weighted by Crippen LogP contribution is -2.05. The third-order valence-corrected chi connectivity index (χ3v) is 5.01. The first-order chi connectivity index (χ1) is 13.1. The summed E-state index contributed by atoms with van der Waals surface area (Å²) in [7, 11) is 0. The van der Waals surface area contributed by atoms with Gasteiger partial charge in [-0.1, -0.05) is 11.6 Å². The fraction of sp³-hybridized carbons (Fsp3) is 0.222. The van der Waals surface area contributed by atoms with Crippen molar-refractivity contribution in [1.29, 1.82) is 0 Å². The minimum atomic E-state index is 0.392. The molecule has 0 aromatic carbocycles. The Bertz CT molecular complexity index is 1160. The molecule has 4 heterocycles. The number of pyridine rings is 1. The summed E-state index contributed by atoms with van der Waals surface area (Å²) in [6.07, 6.45) is 5.59. The number of aryl methyl sites for hydroxylation is 1. The number of aromatic amines is 1. The second-order valence-electron chi connectivity index (χ2n) is 6.16. The number of fused-ring (bicyclic) bond motifs is 2. The summed E-state index contributed by atoms with van der Waals surface area (Å²) in [5.41, 5.74) is 6.28. The predicted molar refractivity (Wildman–Crippen MR) is 111 cm³/mol. The highest BCUT2D eigenvalue weighted by Crippen LogP contribution is 2.25. The number of anilines is 1. The number of allylic oxidation sites excluding steroid dienone is 1. The number of thioether (sulfide) groups is 1. The van der Waals surface area contributed by atoms with Crippen molar-refractivity contribution in [2.24, 2.45) is 0 Å². The Labute approximate surface area is 165 Å². The highest BCUT2D eigenvalue weighted by molar-refractivity contribution is 8.01. The fourth-order valence-corrected chi connectivity index (χ4v) is 3.58. The molecule has 7 nitrogen and oxygen atoms in total. The van der Waals surface area contributed by atoms with E-state index in [0.717, 1.165) is 33.9 Å². The van der Waals surface area contributed by atoms with Crippen LogP contribution in [-0.2, 0) is 6.54 Å². The monoisotopic (exact) mass is 399 g/mol. The molecular weight excluding hydrogens is 382 g/mol. The first-order valence-corrected chi connectivity index (χ1v) is 10.0. The third kappa shape index (κ3) is 3.38. The average molecular weight is 400 g/mol. The Morgan fingerprint density at radius 1 is 1.41 bits per heavy atom. The largest absolute Gasteiger partial charge is 0.375 e. The van der Waals surface area contributed by atoms with Crippen LogP contribution in [0.4, 0.5) is 5.69 Å². The van der Waals surface area contributed by atoms with Crippen molar-refractivity contribution in [3.05, 3.63) is 52.2 Å². The van der Waals surface area contributed by atoms with Gasteiger partial charge in [0.05, 0.1) is 29.6 Å². The molecule has 138 valence electrons. The average Bonchev–Trinajstić information content (AvgIpc) is 3.24. The Morgan fingerprint density at radius 2 is 2.26 bits per heavy atom. The molecule has 0 amide bonds. The maximum absolute atomic E-state index is 6.24. The van der Waals surface area contributed by atoms with E-state index in [1.807, 2.05) is 26.2 Å². The molecule has 0 atom stereocenters. The van der Waals surface area contributed by atoms with Gasteiger partial charge in [0.1, 0.15) is 5.82 Å². The van der Waals surface area contributed by atoms with Crippen LogP contribution < -0.4 is 5.32 Å². The van der Waals surface area contributed by atoms with Crippen LogP contribution in [0.3, 0.4) is 0 Å². The van der Waals surface area contributed by atoms with E-state index in [9.17, 15) is 0 Å². The second-order valence-corrected chi connectivity index (χ2v) is 7.25. The minimum absolute atomic E-state index is 0.392. The van der Waals surface area contributed by atoms with Gasteiger partial charge in [-0.25, -0.2) is 19.5 Å². The fourth-order valence-electron chi connectivity index (χ4n) is 2.92. The number of H-pyrrole nitrogens is 1. The molecule has 4 aromatic heterocycles. The highest BCUT2D eigenvalue weighted by atomic mass is 35.5. The second kappa shape index (κ2) is 7.21. The first-order valence-electron chi connectivity index (χ1n) is 8.35. The van der Waals surface area contributed by atoms with Gasteiger partial charge in [-0.3, -0.25) is 0 Å². The van der Waals surface area contributed by atoms with E-state index in [-0.39, 0.29) is 0 Å². The van der Waals surface area contributed by atoms with Crippen molar-refractivity contribution in [2.75, 3.05) is 11.6 Å². The number of hydrogen-bond acceptors (Lipinski definition) is 6. The number of rotatable bonds is 5. The maximum Gasteiger partial charge on any atom is 0.178 e. The lowest BCUT2D eigenvalue weighted by Gasteiger charge is -2.08. The molecule has 4 rings (SSSR count). The molecule has 0 saturated carbocycles. The van der Waals surface area contributed by atoms with E-state index in [4.69, 9.17) is 11.6 Å². The molecule has 0 saturated heterocycles. The summed E-state index contributed by atoms with van der Waals surface area (Å²) >= 11 is 7.88. The van der Waals surface area contributed by atoms with Crippen LogP contribution in [-0.4, -0.2) is 35.8 Å². The van der Waals surface area contributed by atoms with Crippen molar-refractivity contribution in [3.8, 4) is 0 Å². The SMILES string of the molecule is CS/C=C(\C)c1cnc2c(NCc3nc4nccc(C)c4[nH]3)cc(Cl)nn12. The molecule has 0 aliphatic rings. The van der Waals surface area contributed by atoms with Crippen LogP contribution >= 0.6 is 23.4 Å². The molecule has 0 spiro atoms. The zero-order valence-electron chi connectivity index (χ0n) is 15.1. The molecule has 0 unspecified atom stereocenters. The zero-order chi connectivity index (χ0) is 19.0. The minimum Gasteiger partial charge on any atom is -0.375 e. The molecular formula is C18H18ClN7S. The van der Waals surface area contributed by atoms with E-state index in [2.05, 4.69) is 35.8 Å². The molecule has 4 aromatic rings. The summed E-state index contributed by atoms with van der Waals surface area (Å²) in [5, 5.41) is 10.2. The number of imidazole rings is 2. The van der Waals surface area contributed by atoms with Crippen LogP contribution in [0.2, 0.25) is 5.15 Å². The summed E-state index contributed by atoms with van der Waals surface area (Å²) < 4.78 is 1.76. The van der Waals surface area contributed by atoms with Gasteiger partial charge >= 0.3 is 0 Å². The Kier molecular flexibility index (Phi) is 4.75. The molecule has 0 aliphatic carbocycles. The lowest BCUT2D eigenvalue weighted by molar-refractivity contribution is 0.916. The Hall–Kier alpha value is -2.58. The smallest absolute Gasteiger partial charge is 0.178 e. The van der Waals surface area contributed by atoms with Crippen molar-refractivity contribution >= 4 is 51.4 Å². The number of nitrogens with zero attached hydrogens (tertiary/aromatic N) is 5. The molecule has 0 bridgehead atoms. The topological polar surface area (TPSA) is 83.8 Å². The van der Waals surface area contributed by atoms with Crippen molar-refractivity contribution in [1.82, 2.24) is 29.5 Å². The third-order valence-electron chi connectivity index (χ3n) is 4.23. The van der Waals surface area contributed by atoms with Crippen molar-refractivity contribution < 1.29 is 0 Å². The van der Waals surface area contributed by atoms with Crippen LogP contribution in [0.1, 0.15) is 24.0 Å². The molecule has 9 heteroatoms. The molecule has 2 N–H and O–H groups in total. The van der Waals surface area contributed by atoms with E-state index >= 15 is 0 Å². The van der Waals surface area contributed by atoms with Gasteiger partial charge in [0.25, 0.3) is 0 Å². The highest BCUT2D eigenvalue weighted by Gasteiger charge is 2.13. The summed E-state index contributed by atoms with van der Waals surface area (Å²) in [6, 6.07) is 3.73. The van der Waals surface area contributed by atoms with Crippen molar-refractivity contribution in [3.63, 3.8) is 0 Å². The Balaban J connectivity index is 1.67. The summed E-state index contributed by atoms with van der Waals surface area (Å²) in [5.74, 6) is 0.795. The predicted octanol–water partition coefficient (Wildman–Crippen LogP) is 4.30. The van der Waals surface area contributed by atoms with E-state index < -0.39 is 0 Å². The van der Waals surface area contributed by atoms with Crippen LogP contribution in [0.25, 0.3) is 22.4 Å². The van der Waals surface area contributed by atoms with Gasteiger partial charge in [-0.2, -0.15) is 5.10 Å². The molecule has 0 fully saturated rings. The molecule has 0 aliphatic heterocycles. The quantitative estimate of drug-likeness (QED) is 0.520. The normalized spacial score (nSPS) is 12.2. The van der Waals surface area contributed by atoms with Crippen LogP contribution in [0, 0.1) is 6.92 Å². The van der Waals surface area contributed by atoms with Crippen molar-refractivity contribution in [2.45, 2.75) is 20.4 Å². The van der Waals surface area contributed by atoms with Gasteiger partial charge in [0.2, 0.25) is 0 Å². The summed E-state index contributed by atoms with van der Waals surface area (Å²) in [4.78, 5) is 16.7. The number of aromatic nitrogens is 6. The van der Waals surface area contributed by atoms with Gasteiger partial charge in [0.15, 0.2) is 16.4 Å². The number of nitrogens with one attached hydrogen (secondary N) is 2. The zero-order valence-corrected chi connectivity index (χ0v) is 16.7. The van der Waals surface area contributed by atoms with Crippen LogP contribution in [0.5, 0.6) is 0 Å². The molecule has 0 radical (unpaired) electrons. The Morgan fingerprint density at radius 3 is 3.04 bits per heavy atom. The van der Waals surface area contributed by atoms with Gasteiger partial charge in [-0.15, -0.1) is 11.8 Å². The maximum atomic E-state index is 6.24. The molecule has 27 heavy (non-hydrogen) atoms. The number of halogens is 1. The lowest BCUT2D eigenvalue weighted by atomic mass is 10.3. The van der Waals surface area contributed by atoms with E-state index in [1.54, 1.807) is 34.7 Å². The van der Waals surface area contributed by atoms with E-state index in [0.29, 0.717) is 23.0 Å². The summed E-state index contributed by atoms with van der Waals surface area (Å²) in [6.45, 7) is 4.55. The number of hydrogen-bond donors (Lipinski definition) is 2. The van der Waals surface area contributed by atoms with Crippen LogP contribution in [0.15, 0.2) is 29.9 Å². The van der Waals surface area contributed by atoms with Gasteiger partial charge in [-0.05, 0) is 42.7 Å². The standard InChI is InChI=1S/C18H18ClN7S/c1-10-4-5-20-17-16(10)23-15(24-17)8-21-12-6-14(19)25-26-13(7-22-18(12)26)11(2)9-27-3/h4-7,9,21H,8H2,1-3H3,(H,20,23,24)/b11-9+. The van der Waals surface area contributed by atoms with Gasteiger partial charge < -0.3 is 10.3 Å². The van der Waals surface area contributed by atoms with E-state index in [1.165, 1.54) is 0 Å².